The highest BCUT2D eigenvalue weighted by molar-refractivity contribution is 6.06. The van der Waals surface area contributed by atoms with Gasteiger partial charge in [0.2, 0.25) is 0 Å². The van der Waals surface area contributed by atoms with Crippen molar-refractivity contribution in [3.8, 4) is 0 Å². The van der Waals surface area contributed by atoms with Crippen molar-refractivity contribution in [1.29, 1.82) is 0 Å². The first-order chi connectivity index (χ1) is 17.0. The molecule has 0 spiro atoms. The van der Waals surface area contributed by atoms with Crippen molar-refractivity contribution in [2.24, 2.45) is 5.92 Å². The van der Waals surface area contributed by atoms with Gasteiger partial charge in [-0.3, -0.25) is 14.5 Å². The van der Waals surface area contributed by atoms with Crippen molar-refractivity contribution in [2.75, 3.05) is 62.7 Å². The smallest absolute Gasteiger partial charge is 0.258 e. The van der Waals surface area contributed by atoms with Crippen LogP contribution in [0, 0.1) is 11.7 Å². The Morgan fingerprint density at radius 2 is 1.74 bits per heavy atom. The molecule has 7 nitrogen and oxygen atoms in total. The second-order valence-electron chi connectivity index (χ2n) is 9.40. The molecule has 2 fully saturated rings. The van der Waals surface area contributed by atoms with Crippen molar-refractivity contribution >= 4 is 23.2 Å². The minimum Gasteiger partial charge on any atom is -0.379 e. The number of hydrogen-bond acceptors (Lipinski definition) is 5. The molecule has 2 aliphatic rings. The first-order valence-electron chi connectivity index (χ1n) is 12.5. The third kappa shape index (κ3) is 6.80. The summed E-state index contributed by atoms with van der Waals surface area (Å²) in [5.74, 6) is -0.618. The van der Waals surface area contributed by atoms with Gasteiger partial charge in [0.15, 0.2) is 0 Å². The zero-order chi connectivity index (χ0) is 24.6. The zero-order valence-corrected chi connectivity index (χ0v) is 20.4. The Labute approximate surface area is 206 Å². The summed E-state index contributed by atoms with van der Waals surface area (Å²) in [6.07, 6.45) is 3.00. The molecule has 2 saturated heterocycles. The number of hydrogen-bond donors (Lipinski definition) is 2. The summed E-state index contributed by atoms with van der Waals surface area (Å²) >= 11 is 0. The predicted octanol–water partition coefficient (Wildman–Crippen LogP) is 3.77. The van der Waals surface area contributed by atoms with Crippen LogP contribution in [0.5, 0.6) is 0 Å². The molecule has 0 radical (unpaired) electrons. The van der Waals surface area contributed by atoms with Crippen LogP contribution >= 0.6 is 0 Å². The summed E-state index contributed by atoms with van der Waals surface area (Å²) in [5.41, 5.74) is 1.82. The van der Waals surface area contributed by atoms with Crippen molar-refractivity contribution in [3.05, 3.63) is 59.4 Å². The summed E-state index contributed by atoms with van der Waals surface area (Å²) < 4.78 is 19.4. The topological polar surface area (TPSA) is 73.9 Å². The van der Waals surface area contributed by atoms with Crippen molar-refractivity contribution < 1.29 is 18.7 Å². The molecule has 188 valence electrons. The van der Waals surface area contributed by atoms with E-state index in [0.29, 0.717) is 23.7 Å². The standard InChI is InChI=1S/C27H35FN4O3/c1-20-9-13-32(14-10-20)25-8-7-21(30-27(34)22-5-2-3-6-24(22)28)19-23(25)26(33)29-11-4-12-31-15-17-35-18-16-31/h2-3,5-8,19-20H,4,9-18H2,1H3,(H,29,33)(H,30,34). The van der Waals surface area contributed by atoms with Crippen LogP contribution in [-0.2, 0) is 4.74 Å². The van der Waals surface area contributed by atoms with Crippen LogP contribution in [0.15, 0.2) is 42.5 Å². The highest BCUT2D eigenvalue weighted by atomic mass is 19.1. The molecule has 2 N–H and O–H groups in total. The van der Waals surface area contributed by atoms with Gasteiger partial charge in [0, 0.05) is 44.1 Å². The maximum atomic E-state index is 14.1. The van der Waals surface area contributed by atoms with E-state index in [2.05, 4.69) is 27.4 Å². The number of morpholine rings is 1. The van der Waals surface area contributed by atoms with Gasteiger partial charge in [-0.1, -0.05) is 19.1 Å². The maximum absolute atomic E-state index is 14.1. The quantitative estimate of drug-likeness (QED) is 0.561. The Hall–Kier alpha value is -2.97. The van der Waals surface area contributed by atoms with Crippen molar-refractivity contribution in [3.63, 3.8) is 0 Å². The maximum Gasteiger partial charge on any atom is 0.258 e. The molecule has 0 saturated carbocycles. The van der Waals surface area contributed by atoms with Crippen LogP contribution in [0.2, 0.25) is 0 Å². The van der Waals surface area contributed by atoms with Crippen molar-refractivity contribution in [2.45, 2.75) is 26.2 Å². The SMILES string of the molecule is CC1CCN(c2ccc(NC(=O)c3ccccc3F)cc2C(=O)NCCCN2CCOCC2)CC1. The third-order valence-corrected chi connectivity index (χ3v) is 6.78. The number of carbonyl (C=O) groups is 2. The highest BCUT2D eigenvalue weighted by Crippen LogP contribution is 2.29. The summed E-state index contributed by atoms with van der Waals surface area (Å²) in [7, 11) is 0. The van der Waals surface area contributed by atoms with E-state index < -0.39 is 11.7 Å². The Morgan fingerprint density at radius 1 is 1.00 bits per heavy atom. The van der Waals surface area contributed by atoms with Gasteiger partial charge in [-0.05, 0) is 62.1 Å². The number of piperidine rings is 1. The number of benzene rings is 2. The van der Waals surface area contributed by atoms with Gasteiger partial charge in [0.05, 0.1) is 24.3 Å². The van der Waals surface area contributed by atoms with E-state index in [0.717, 1.165) is 70.9 Å². The molecule has 2 heterocycles. The number of halogens is 1. The van der Waals surface area contributed by atoms with Crippen LogP contribution in [-0.4, -0.2) is 69.2 Å². The predicted molar refractivity (Wildman–Crippen MR) is 136 cm³/mol. The van der Waals surface area contributed by atoms with Crippen LogP contribution in [0.1, 0.15) is 46.9 Å². The second kappa shape index (κ2) is 12.1. The lowest BCUT2D eigenvalue weighted by molar-refractivity contribution is 0.0374. The molecule has 2 amide bonds. The largest absolute Gasteiger partial charge is 0.379 e. The number of rotatable bonds is 8. The van der Waals surface area contributed by atoms with E-state index in [9.17, 15) is 14.0 Å². The van der Waals surface area contributed by atoms with E-state index in [4.69, 9.17) is 4.74 Å². The van der Waals surface area contributed by atoms with Gasteiger partial charge in [0.1, 0.15) is 5.82 Å². The molecule has 2 aliphatic heterocycles. The first kappa shape index (κ1) is 25.1. The molecule has 2 aromatic carbocycles. The number of nitrogens with one attached hydrogen (secondary N) is 2. The summed E-state index contributed by atoms with van der Waals surface area (Å²) in [6.45, 7) is 8.88. The Bertz CT molecular complexity index is 1020. The number of nitrogens with zero attached hydrogens (tertiary/aromatic N) is 2. The van der Waals surface area contributed by atoms with Crippen molar-refractivity contribution in [1.82, 2.24) is 10.2 Å². The minimum atomic E-state index is -0.581. The fraction of sp³-hybridized carbons (Fsp3) is 0.481. The van der Waals surface area contributed by atoms with Gasteiger partial charge >= 0.3 is 0 Å². The van der Waals surface area contributed by atoms with Gasteiger partial charge in [-0.25, -0.2) is 4.39 Å². The summed E-state index contributed by atoms with van der Waals surface area (Å²) in [4.78, 5) is 30.4. The molecule has 0 aromatic heterocycles. The fourth-order valence-corrected chi connectivity index (χ4v) is 4.59. The number of carbonyl (C=O) groups excluding carboxylic acids is 2. The Kier molecular flexibility index (Phi) is 8.71. The molecule has 0 aliphatic carbocycles. The van der Waals surface area contributed by atoms with Crippen LogP contribution in [0.25, 0.3) is 0 Å². The monoisotopic (exact) mass is 482 g/mol. The van der Waals surface area contributed by atoms with E-state index in [-0.39, 0.29) is 11.5 Å². The number of anilines is 2. The highest BCUT2D eigenvalue weighted by Gasteiger charge is 2.22. The summed E-state index contributed by atoms with van der Waals surface area (Å²) in [6, 6.07) is 11.2. The fourth-order valence-electron chi connectivity index (χ4n) is 4.59. The zero-order valence-electron chi connectivity index (χ0n) is 20.4. The Morgan fingerprint density at radius 3 is 2.49 bits per heavy atom. The van der Waals surface area contributed by atoms with E-state index >= 15 is 0 Å². The molecule has 0 unspecified atom stereocenters. The molecular formula is C27H35FN4O3. The first-order valence-corrected chi connectivity index (χ1v) is 12.5. The normalized spacial score (nSPS) is 17.3. The van der Waals surface area contributed by atoms with Gasteiger partial charge in [0.25, 0.3) is 11.8 Å². The molecule has 4 rings (SSSR count). The van der Waals surface area contributed by atoms with Gasteiger partial charge in [-0.15, -0.1) is 0 Å². The van der Waals surface area contributed by atoms with E-state index in [1.54, 1.807) is 24.3 Å². The van der Waals surface area contributed by atoms with E-state index in [1.165, 1.54) is 12.1 Å². The van der Waals surface area contributed by atoms with Crippen LogP contribution in [0.3, 0.4) is 0 Å². The molecule has 2 aromatic rings. The lowest BCUT2D eigenvalue weighted by Gasteiger charge is -2.33. The average Bonchev–Trinajstić information content (AvgIpc) is 2.88. The lowest BCUT2D eigenvalue weighted by Crippen LogP contribution is -2.38. The molecular weight excluding hydrogens is 447 g/mol. The van der Waals surface area contributed by atoms with Gasteiger partial charge in [-0.2, -0.15) is 0 Å². The molecule has 8 heteroatoms. The van der Waals surface area contributed by atoms with Crippen LogP contribution in [0.4, 0.5) is 15.8 Å². The third-order valence-electron chi connectivity index (χ3n) is 6.78. The molecule has 35 heavy (non-hydrogen) atoms. The van der Waals surface area contributed by atoms with E-state index in [1.807, 2.05) is 6.07 Å². The average molecular weight is 483 g/mol. The molecule has 0 bridgehead atoms. The minimum absolute atomic E-state index is 0.0318. The van der Waals surface area contributed by atoms with Crippen LogP contribution < -0.4 is 15.5 Å². The van der Waals surface area contributed by atoms with Gasteiger partial charge < -0.3 is 20.3 Å². The number of ether oxygens (including phenoxy) is 1. The lowest BCUT2D eigenvalue weighted by atomic mass is 9.97. The number of amides is 2. The Balaban J connectivity index is 1.46. The summed E-state index contributed by atoms with van der Waals surface area (Å²) in [5, 5.41) is 5.80. The second-order valence-corrected chi connectivity index (χ2v) is 9.40. The molecule has 0 atom stereocenters.